The number of nitrogens with one attached hydrogen (secondary N) is 1. The van der Waals surface area contributed by atoms with Gasteiger partial charge in [-0.15, -0.1) is 0 Å². The molecule has 1 N–H and O–H groups in total. The fraction of sp³-hybridized carbons (Fsp3) is 0.308. The lowest BCUT2D eigenvalue weighted by molar-refractivity contribution is -0.119. The number of carbonyl (C=O) groups excluding carboxylic acids is 1. The average molecular weight is 214 g/mol. The molecule has 0 aliphatic carbocycles. The predicted molar refractivity (Wildman–Crippen MR) is 63.3 cm³/mol. The molecule has 0 bridgehead atoms. The van der Waals surface area contributed by atoms with Crippen LogP contribution < -0.4 is 5.32 Å². The van der Waals surface area contributed by atoms with Crippen LogP contribution in [0.4, 0.5) is 0 Å². The molecular formula is C13H14N2O. The minimum Gasteiger partial charge on any atom is -0.355 e. The molecular weight excluding hydrogens is 200 g/mol. The molecule has 82 valence electrons. The van der Waals surface area contributed by atoms with Crippen molar-refractivity contribution in [1.29, 1.82) is 0 Å². The Hall–Kier alpha value is -1.77. The van der Waals surface area contributed by atoms with Crippen molar-refractivity contribution in [1.82, 2.24) is 9.88 Å². The Morgan fingerprint density at radius 1 is 1.38 bits per heavy atom. The topological polar surface area (TPSA) is 34.0 Å². The van der Waals surface area contributed by atoms with Gasteiger partial charge in [0.25, 0.3) is 0 Å². The highest BCUT2D eigenvalue weighted by Crippen LogP contribution is 2.28. The SMILES string of the molecule is Cn1c(C2CNC(=O)C2)cc2ccccc21. The van der Waals surface area contributed by atoms with Crippen molar-refractivity contribution < 1.29 is 4.79 Å². The van der Waals surface area contributed by atoms with Crippen LogP contribution >= 0.6 is 0 Å². The Labute approximate surface area is 94.1 Å². The number of aromatic nitrogens is 1. The molecule has 1 aromatic heterocycles. The third-order valence-corrected chi connectivity index (χ3v) is 3.38. The first-order chi connectivity index (χ1) is 7.75. The van der Waals surface area contributed by atoms with E-state index in [-0.39, 0.29) is 5.91 Å². The van der Waals surface area contributed by atoms with E-state index in [1.54, 1.807) is 0 Å². The van der Waals surface area contributed by atoms with E-state index in [1.807, 2.05) is 12.1 Å². The Kier molecular flexibility index (Phi) is 1.99. The summed E-state index contributed by atoms with van der Waals surface area (Å²) in [6, 6.07) is 10.5. The van der Waals surface area contributed by atoms with E-state index in [0.29, 0.717) is 12.3 Å². The summed E-state index contributed by atoms with van der Waals surface area (Å²) < 4.78 is 2.19. The molecule has 1 fully saturated rings. The van der Waals surface area contributed by atoms with Crippen LogP contribution in [0.15, 0.2) is 30.3 Å². The van der Waals surface area contributed by atoms with Gasteiger partial charge in [-0.05, 0) is 17.5 Å². The second-order valence-corrected chi connectivity index (χ2v) is 4.39. The van der Waals surface area contributed by atoms with Crippen LogP contribution in [0.25, 0.3) is 10.9 Å². The number of hydrogen-bond acceptors (Lipinski definition) is 1. The van der Waals surface area contributed by atoms with Crippen LogP contribution in [0, 0.1) is 0 Å². The highest BCUT2D eigenvalue weighted by Gasteiger charge is 2.25. The van der Waals surface area contributed by atoms with Crippen molar-refractivity contribution in [3.8, 4) is 0 Å². The summed E-state index contributed by atoms with van der Waals surface area (Å²) in [5.74, 6) is 0.486. The van der Waals surface area contributed by atoms with Gasteiger partial charge in [0.15, 0.2) is 0 Å². The lowest BCUT2D eigenvalue weighted by Gasteiger charge is -2.09. The smallest absolute Gasteiger partial charge is 0.220 e. The molecule has 0 saturated carbocycles. The number of hydrogen-bond donors (Lipinski definition) is 1. The second-order valence-electron chi connectivity index (χ2n) is 4.39. The number of fused-ring (bicyclic) bond motifs is 1. The van der Waals surface area contributed by atoms with E-state index in [0.717, 1.165) is 6.54 Å². The van der Waals surface area contributed by atoms with Gasteiger partial charge in [-0.2, -0.15) is 0 Å². The monoisotopic (exact) mass is 214 g/mol. The Bertz CT molecular complexity index is 556. The van der Waals surface area contributed by atoms with Crippen LogP contribution in [0.2, 0.25) is 0 Å². The molecule has 0 spiro atoms. The zero-order chi connectivity index (χ0) is 11.1. The third-order valence-electron chi connectivity index (χ3n) is 3.38. The third kappa shape index (κ3) is 1.32. The average Bonchev–Trinajstić information content (AvgIpc) is 2.84. The maximum absolute atomic E-state index is 11.2. The highest BCUT2D eigenvalue weighted by atomic mass is 16.1. The van der Waals surface area contributed by atoms with Gasteiger partial charge in [0.1, 0.15) is 0 Å². The van der Waals surface area contributed by atoms with Crippen LogP contribution in [0.3, 0.4) is 0 Å². The highest BCUT2D eigenvalue weighted by molar-refractivity contribution is 5.83. The summed E-state index contributed by atoms with van der Waals surface area (Å²) in [7, 11) is 2.07. The van der Waals surface area contributed by atoms with Crippen molar-refractivity contribution >= 4 is 16.8 Å². The van der Waals surface area contributed by atoms with E-state index in [9.17, 15) is 4.79 Å². The largest absolute Gasteiger partial charge is 0.355 e. The van der Waals surface area contributed by atoms with Crippen LogP contribution in [0.5, 0.6) is 0 Å². The molecule has 1 saturated heterocycles. The van der Waals surface area contributed by atoms with Crippen LogP contribution in [-0.2, 0) is 11.8 Å². The molecule has 3 rings (SSSR count). The number of benzene rings is 1. The van der Waals surface area contributed by atoms with Gasteiger partial charge >= 0.3 is 0 Å². The molecule has 3 heteroatoms. The number of aryl methyl sites for hydroxylation is 1. The predicted octanol–water partition coefficient (Wildman–Crippen LogP) is 1.78. The van der Waals surface area contributed by atoms with Gasteiger partial charge in [-0.25, -0.2) is 0 Å². The lowest BCUT2D eigenvalue weighted by atomic mass is 10.0. The molecule has 2 heterocycles. The van der Waals surface area contributed by atoms with Crippen LogP contribution in [-0.4, -0.2) is 17.0 Å². The summed E-state index contributed by atoms with van der Waals surface area (Å²) in [4.78, 5) is 11.2. The molecule has 1 atom stereocenters. The van der Waals surface area contributed by atoms with Crippen LogP contribution in [0.1, 0.15) is 18.0 Å². The van der Waals surface area contributed by atoms with Crippen molar-refractivity contribution in [2.24, 2.45) is 7.05 Å². The van der Waals surface area contributed by atoms with Gasteiger partial charge in [-0.3, -0.25) is 4.79 Å². The van der Waals surface area contributed by atoms with Gasteiger partial charge in [0.2, 0.25) is 5.91 Å². The lowest BCUT2D eigenvalue weighted by Crippen LogP contribution is -2.14. The summed E-state index contributed by atoms with van der Waals surface area (Å²) in [6.45, 7) is 0.767. The number of para-hydroxylation sites is 1. The molecule has 1 aliphatic heterocycles. The molecule has 16 heavy (non-hydrogen) atoms. The number of amides is 1. The Morgan fingerprint density at radius 2 is 2.19 bits per heavy atom. The maximum Gasteiger partial charge on any atom is 0.220 e. The zero-order valence-electron chi connectivity index (χ0n) is 9.23. The number of nitrogens with zero attached hydrogens (tertiary/aromatic N) is 1. The quantitative estimate of drug-likeness (QED) is 0.771. The second kappa shape index (κ2) is 3.37. The van der Waals surface area contributed by atoms with E-state index < -0.39 is 0 Å². The number of rotatable bonds is 1. The van der Waals surface area contributed by atoms with Gasteiger partial charge < -0.3 is 9.88 Å². The summed E-state index contributed by atoms with van der Waals surface area (Å²) in [6.07, 6.45) is 0.615. The Morgan fingerprint density at radius 3 is 2.88 bits per heavy atom. The van der Waals surface area contributed by atoms with E-state index in [4.69, 9.17) is 0 Å². The fourth-order valence-electron chi connectivity index (χ4n) is 2.52. The minimum atomic E-state index is 0.162. The van der Waals surface area contributed by atoms with Crippen molar-refractivity contribution in [2.75, 3.05) is 6.54 Å². The first-order valence-electron chi connectivity index (χ1n) is 5.57. The summed E-state index contributed by atoms with van der Waals surface area (Å²) in [5, 5.41) is 4.14. The van der Waals surface area contributed by atoms with E-state index >= 15 is 0 Å². The molecule has 1 amide bonds. The normalized spacial score (nSPS) is 20.3. The van der Waals surface area contributed by atoms with Crippen molar-refractivity contribution in [3.05, 3.63) is 36.0 Å². The zero-order valence-corrected chi connectivity index (χ0v) is 9.23. The van der Waals surface area contributed by atoms with E-state index in [2.05, 4.69) is 35.1 Å². The first-order valence-corrected chi connectivity index (χ1v) is 5.57. The molecule has 1 aliphatic rings. The Balaban J connectivity index is 2.10. The minimum absolute atomic E-state index is 0.162. The molecule has 3 nitrogen and oxygen atoms in total. The molecule has 1 unspecified atom stereocenters. The first kappa shape index (κ1) is 9.46. The summed E-state index contributed by atoms with van der Waals surface area (Å²) >= 11 is 0. The maximum atomic E-state index is 11.2. The fourth-order valence-corrected chi connectivity index (χ4v) is 2.52. The molecule has 1 aromatic carbocycles. The molecule has 2 aromatic rings. The van der Waals surface area contributed by atoms with Gasteiger partial charge in [0, 0.05) is 37.1 Å². The summed E-state index contributed by atoms with van der Waals surface area (Å²) in [5.41, 5.74) is 2.48. The number of carbonyl (C=O) groups is 1. The van der Waals surface area contributed by atoms with Crippen molar-refractivity contribution in [2.45, 2.75) is 12.3 Å². The van der Waals surface area contributed by atoms with E-state index in [1.165, 1.54) is 16.6 Å². The molecule has 0 radical (unpaired) electrons. The van der Waals surface area contributed by atoms with Crippen molar-refractivity contribution in [3.63, 3.8) is 0 Å². The standard InChI is InChI=1S/C13H14N2O/c1-15-11-5-3-2-4-9(11)6-12(15)10-7-13(16)14-8-10/h2-6,10H,7-8H2,1H3,(H,14,16). The van der Waals surface area contributed by atoms with Gasteiger partial charge in [0.05, 0.1) is 0 Å². The van der Waals surface area contributed by atoms with Gasteiger partial charge in [-0.1, -0.05) is 18.2 Å².